The number of thioether (sulfide) groups is 1. The van der Waals surface area contributed by atoms with Crippen molar-refractivity contribution in [2.24, 2.45) is 0 Å². The zero-order chi connectivity index (χ0) is 13.9. The lowest BCUT2D eigenvalue weighted by molar-refractivity contribution is 0.699. The van der Waals surface area contributed by atoms with E-state index in [9.17, 15) is 0 Å². The van der Waals surface area contributed by atoms with Crippen molar-refractivity contribution >= 4 is 23.7 Å². The minimum atomic E-state index is 0.228. The molecule has 106 valence electrons. The Labute approximate surface area is 121 Å². The van der Waals surface area contributed by atoms with Crippen LogP contribution in [0.25, 0.3) is 5.95 Å². The topological polar surface area (TPSA) is 85.8 Å². The fraction of sp³-hybridized carbons (Fsp3) is 0.500. The highest BCUT2D eigenvalue weighted by atomic mass is 32.2. The predicted octanol–water partition coefficient (Wildman–Crippen LogP) is 0.971. The van der Waals surface area contributed by atoms with Gasteiger partial charge in [-0.2, -0.15) is 31.8 Å². The molecule has 2 aromatic heterocycles. The van der Waals surface area contributed by atoms with E-state index in [1.54, 1.807) is 17.1 Å². The Bertz CT molecular complexity index is 571. The van der Waals surface area contributed by atoms with Crippen LogP contribution in [0.1, 0.15) is 13.3 Å². The number of aromatic nitrogens is 5. The number of nitrogen functional groups attached to an aromatic ring is 1. The fourth-order valence-corrected chi connectivity index (χ4v) is 3.33. The molecule has 1 aliphatic rings. The van der Waals surface area contributed by atoms with E-state index < -0.39 is 0 Å². The summed E-state index contributed by atoms with van der Waals surface area (Å²) < 4.78 is 1.59. The summed E-state index contributed by atoms with van der Waals surface area (Å²) >= 11 is 2.01. The largest absolute Gasteiger partial charge is 0.368 e. The van der Waals surface area contributed by atoms with E-state index in [0.29, 0.717) is 17.1 Å². The third-order valence-corrected chi connectivity index (χ3v) is 4.59. The van der Waals surface area contributed by atoms with Gasteiger partial charge in [0.05, 0.1) is 0 Å². The summed E-state index contributed by atoms with van der Waals surface area (Å²) in [4.78, 5) is 15.1. The second-order valence-corrected chi connectivity index (χ2v) is 6.00. The number of nitrogens with zero attached hydrogens (tertiary/aromatic N) is 6. The first-order valence-electron chi connectivity index (χ1n) is 6.64. The highest BCUT2D eigenvalue weighted by molar-refractivity contribution is 8.00. The third kappa shape index (κ3) is 2.69. The molecule has 0 amide bonds. The second kappa shape index (κ2) is 5.66. The van der Waals surface area contributed by atoms with Gasteiger partial charge in [0.1, 0.15) is 0 Å². The van der Waals surface area contributed by atoms with Gasteiger partial charge in [-0.1, -0.05) is 6.92 Å². The molecule has 1 unspecified atom stereocenters. The molecular formula is C12H17N7S. The Morgan fingerprint density at radius 1 is 1.35 bits per heavy atom. The lowest BCUT2D eigenvalue weighted by atomic mass is 10.3. The summed E-state index contributed by atoms with van der Waals surface area (Å²) in [6, 6.07) is 1.82. The van der Waals surface area contributed by atoms with Crippen LogP contribution in [0, 0.1) is 0 Å². The van der Waals surface area contributed by atoms with Gasteiger partial charge >= 0.3 is 0 Å². The normalized spacial score (nSPS) is 19.2. The lowest BCUT2D eigenvalue weighted by Crippen LogP contribution is -2.39. The molecule has 1 atom stereocenters. The van der Waals surface area contributed by atoms with Gasteiger partial charge in [0.25, 0.3) is 5.95 Å². The summed E-state index contributed by atoms with van der Waals surface area (Å²) in [7, 11) is 0. The van der Waals surface area contributed by atoms with Gasteiger partial charge in [-0.05, 0) is 12.5 Å². The van der Waals surface area contributed by atoms with Crippen LogP contribution in [0.4, 0.5) is 11.9 Å². The van der Waals surface area contributed by atoms with Gasteiger partial charge in [-0.25, -0.2) is 4.68 Å². The van der Waals surface area contributed by atoms with Crippen LogP contribution in [0.5, 0.6) is 0 Å². The summed E-state index contributed by atoms with van der Waals surface area (Å²) in [6.45, 7) is 4.09. The van der Waals surface area contributed by atoms with E-state index in [1.807, 2.05) is 17.8 Å². The molecule has 0 spiro atoms. The first kappa shape index (κ1) is 13.2. The molecule has 3 heterocycles. The van der Waals surface area contributed by atoms with Gasteiger partial charge in [0.2, 0.25) is 11.9 Å². The molecule has 0 bridgehead atoms. The summed E-state index contributed by atoms with van der Waals surface area (Å²) in [6.07, 6.45) is 4.62. The van der Waals surface area contributed by atoms with E-state index in [2.05, 4.69) is 31.9 Å². The number of hydrogen-bond acceptors (Lipinski definition) is 7. The number of rotatable bonds is 3. The van der Waals surface area contributed by atoms with Crippen LogP contribution in [0.3, 0.4) is 0 Å². The molecule has 7 nitrogen and oxygen atoms in total. The first-order chi connectivity index (χ1) is 9.76. The van der Waals surface area contributed by atoms with Gasteiger partial charge in [0, 0.05) is 36.5 Å². The Hall–Kier alpha value is -1.83. The molecule has 1 saturated heterocycles. The van der Waals surface area contributed by atoms with Crippen molar-refractivity contribution in [3.8, 4) is 5.95 Å². The van der Waals surface area contributed by atoms with Crippen LogP contribution < -0.4 is 10.6 Å². The SMILES string of the molecule is CCC1CN(c2nc(N)nc(-n3cccn3)n2)CCS1. The molecule has 0 aromatic carbocycles. The highest BCUT2D eigenvalue weighted by Gasteiger charge is 2.22. The summed E-state index contributed by atoms with van der Waals surface area (Å²) in [5.74, 6) is 2.42. The van der Waals surface area contributed by atoms with Crippen LogP contribution in [-0.2, 0) is 0 Å². The molecule has 3 rings (SSSR count). The highest BCUT2D eigenvalue weighted by Crippen LogP contribution is 2.24. The quantitative estimate of drug-likeness (QED) is 0.901. The molecule has 20 heavy (non-hydrogen) atoms. The number of hydrogen-bond donors (Lipinski definition) is 1. The Morgan fingerprint density at radius 3 is 2.95 bits per heavy atom. The van der Waals surface area contributed by atoms with E-state index in [-0.39, 0.29) is 5.95 Å². The molecule has 0 saturated carbocycles. The fourth-order valence-electron chi connectivity index (χ4n) is 2.15. The molecule has 1 fully saturated rings. The maximum Gasteiger partial charge on any atom is 0.257 e. The van der Waals surface area contributed by atoms with Crippen molar-refractivity contribution < 1.29 is 0 Å². The maximum atomic E-state index is 5.80. The second-order valence-electron chi connectivity index (χ2n) is 4.59. The minimum Gasteiger partial charge on any atom is -0.368 e. The van der Waals surface area contributed by atoms with Crippen molar-refractivity contribution in [2.75, 3.05) is 29.5 Å². The average Bonchev–Trinajstić information content (AvgIpc) is 3.01. The van der Waals surface area contributed by atoms with Crippen molar-refractivity contribution in [2.45, 2.75) is 18.6 Å². The molecule has 2 N–H and O–H groups in total. The Morgan fingerprint density at radius 2 is 2.20 bits per heavy atom. The van der Waals surface area contributed by atoms with E-state index in [1.165, 1.54) is 0 Å². The molecule has 2 aromatic rings. The molecule has 8 heteroatoms. The molecular weight excluding hydrogens is 274 g/mol. The maximum absolute atomic E-state index is 5.80. The standard InChI is InChI=1S/C12H17N7S/c1-2-9-8-18(6-7-20-9)11-15-10(13)16-12(17-11)19-5-3-4-14-19/h3-5,9H,2,6-8H2,1H3,(H2,13,15,16,17). The van der Waals surface area contributed by atoms with E-state index in [4.69, 9.17) is 5.73 Å². The third-order valence-electron chi connectivity index (χ3n) is 3.22. The van der Waals surface area contributed by atoms with Crippen LogP contribution in [0.2, 0.25) is 0 Å². The van der Waals surface area contributed by atoms with Crippen molar-refractivity contribution in [3.63, 3.8) is 0 Å². The number of nitrogens with two attached hydrogens (primary N) is 1. The van der Waals surface area contributed by atoms with Gasteiger partial charge in [-0.3, -0.25) is 0 Å². The van der Waals surface area contributed by atoms with Crippen LogP contribution >= 0.6 is 11.8 Å². The minimum absolute atomic E-state index is 0.228. The predicted molar refractivity (Wildman–Crippen MR) is 80.1 cm³/mol. The van der Waals surface area contributed by atoms with Gasteiger partial charge in [0.15, 0.2) is 0 Å². The lowest BCUT2D eigenvalue weighted by Gasteiger charge is -2.31. The van der Waals surface area contributed by atoms with E-state index in [0.717, 1.165) is 25.3 Å². The van der Waals surface area contributed by atoms with Crippen LogP contribution in [-0.4, -0.2) is 48.8 Å². The first-order valence-corrected chi connectivity index (χ1v) is 7.69. The molecule has 1 aliphatic heterocycles. The van der Waals surface area contributed by atoms with E-state index >= 15 is 0 Å². The van der Waals surface area contributed by atoms with Crippen LogP contribution in [0.15, 0.2) is 18.5 Å². The zero-order valence-corrected chi connectivity index (χ0v) is 12.1. The average molecular weight is 291 g/mol. The summed E-state index contributed by atoms with van der Waals surface area (Å²) in [5.41, 5.74) is 5.80. The Kier molecular flexibility index (Phi) is 3.72. The van der Waals surface area contributed by atoms with Crippen molar-refractivity contribution in [1.29, 1.82) is 0 Å². The smallest absolute Gasteiger partial charge is 0.257 e. The van der Waals surface area contributed by atoms with Gasteiger partial charge < -0.3 is 10.6 Å². The Balaban J connectivity index is 1.89. The van der Waals surface area contributed by atoms with Crippen molar-refractivity contribution in [3.05, 3.63) is 18.5 Å². The zero-order valence-electron chi connectivity index (χ0n) is 11.3. The monoisotopic (exact) mass is 291 g/mol. The van der Waals surface area contributed by atoms with Gasteiger partial charge in [-0.15, -0.1) is 0 Å². The number of anilines is 2. The summed E-state index contributed by atoms with van der Waals surface area (Å²) in [5, 5.41) is 4.75. The van der Waals surface area contributed by atoms with Crippen molar-refractivity contribution in [1.82, 2.24) is 24.7 Å². The molecule has 0 aliphatic carbocycles. The molecule has 0 radical (unpaired) electrons.